The molecule has 0 bridgehead atoms. The quantitative estimate of drug-likeness (QED) is 0.803. The third-order valence-electron chi connectivity index (χ3n) is 3.35. The smallest absolute Gasteiger partial charge is 0.184 e. The zero-order valence-electron chi connectivity index (χ0n) is 10.7. The Labute approximate surface area is 103 Å². The van der Waals surface area contributed by atoms with E-state index in [-0.39, 0.29) is 12.4 Å². The molecule has 2 rings (SSSR count). The van der Waals surface area contributed by atoms with Crippen LogP contribution in [0.4, 0.5) is 0 Å². The molecule has 94 valence electrons. The molecule has 2 unspecified atom stereocenters. The maximum absolute atomic E-state index is 5.92. The largest absolute Gasteiger partial charge is 0.497 e. The highest BCUT2D eigenvalue weighted by molar-refractivity contribution is 5.29. The van der Waals surface area contributed by atoms with Crippen LogP contribution in [0.3, 0.4) is 0 Å². The molecule has 3 nitrogen and oxygen atoms in total. The van der Waals surface area contributed by atoms with Crippen molar-refractivity contribution in [2.24, 2.45) is 5.92 Å². The zero-order valence-corrected chi connectivity index (χ0v) is 10.7. The summed E-state index contributed by atoms with van der Waals surface area (Å²) in [6.45, 7) is 5.05. The SMILES string of the molecule is CC[C@H](C)C1COC(c2cccc(OC)c2)O1. The van der Waals surface area contributed by atoms with Gasteiger partial charge in [0.1, 0.15) is 5.75 Å². The third kappa shape index (κ3) is 2.79. The molecule has 0 amide bonds. The molecule has 17 heavy (non-hydrogen) atoms. The van der Waals surface area contributed by atoms with Crippen LogP contribution in [0, 0.1) is 5.92 Å². The van der Waals surface area contributed by atoms with Crippen molar-refractivity contribution in [1.29, 1.82) is 0 Å². The lowest BCUT2D eigenvalue weighted by Gasteiger charge is -2.16. The van der Waals surface area contributed by atoms with Crippen molar-refractivity contribution in [2.45, 2.75) is 32.7 Å². The third-order valence-corrected chi connectivity index (χ3v) is 3.35. The normalized spacial score (nSPS) is 25.8. The van der Waals surface area contributed by atoms with E-state index >= 15 is 0 Å². The number of ether oxygens (including phenoxy) is 3. The minimum atomic E-state index is -0.246. The lowest BCUT2D eigenvalue weighted by atomic mass is 10.0. The highest BCUT2D eigenvalue weighted by atomic mass is 16.7. The molecule has 3 heteroatoms. The van der Waals surface area contributed by atoms with E-state index in [1.807, 2.05) is 24.3 Å². The highest BCUT2D eigenvalue weighted by Gasteiger charge is 2.30. The first-order chi connectivity index (χ1) is 8.24. The summed E-state index contributed by atoms with van der Waals surface area (Å²) in [5.41, 5.74) is 1.02. The van der Waals surface area contributed by atoms with Gasteiger partial charge >= 0.3 is 0 Å². The van der Waals surface area contributed by atoms with Crippen LogP contribution in [0.15, 0.2) is 24.3 Å². The molecule has 0 radical (unpaired) electrons. The summed E-state index contributed by atoms with van der Waals surface area (Å²) in [7, 11) is 1.66. The average Bonchev–Trinajstić information content (AvgIpc) is 2.87. The van der Waals surface area contributed by atoms with Crippen LogP contribution >= 0.6 is 0 Å². The minimum Gasteiger partial charge on any atom is -0.497 e. The Balaban J connectivity index is 2.04. The molecule has 1 aromatic rings. The van der Waals surface area contributed by atoms with Crippen molar-refractivity contribution < 1.29 is 14.2 Å². The molecule has 0 aliphatic carbocycles. The average molecular weight is 236 g/mol. The van der Waals surface area contributed by atoms with Gasteiger partial charge in [0.15, 0.2) is 6.29 Å². The Bertz CT molecular complexity index is 364. The molecular formula is C14H20O3. The highest BCUT2D eigenvalue weighted by Crippen LogP contribution is 2.32. The lowest BCUT2D eigenvalue weighted by molar-refractivity contribution is -0.0685. The molecule has 1 fully saturated rings. The number of hydrogen-bond acceptors (Lipinski definition) is 3. The van der Waals surface area contributed by atoms with Gasteiger partial charge < -0.3 is 14.2 Å². The summed E-state index contributed by atoms with van der Waals surface area (Å²) in [6.07, 6.45) is 1.07. The summed E-state index contributed by atoms with van der Waals surface area (Å²) in [4.78, 5) is 0. The topological polar surface area (TPSA) is 27.7 Å². The van der Waals surface area contributed by atoms with Gasteiger partial charge in [-0.25, -0.2) is 0 Å². The van der Waals surface area contributed by atoms with Gasteiger partial charge in [0, 0.05) is 5.56 Å². The van der Waals surface area contributed by atoms with Crippen LogP contribution in [-0.4, -0.2) is 19.8 Å². The fraction of sp³-hybridized carbons (Fsp3) is 0.571. The molecule has 1 aliphatic heterocycles. The van der Waals surface area contributed by atoms with E-state index in [4.69, 9.17) is 14.2 Å². The predicted octanol–water partition coefficient (Wildman–Crippen LogP) is 3.16. The van der Waals surface area contributed by atoms with Gasteiger partial charge in [-0.05, 0) is 18.1 Å². The van der Waals surface area contributed by atoms with E-state index in [1.165, 1.54) is 0 Å². The second-order valence-corrected chi connectivity index (χ2v) is 4.50. The molecular weight excluding hydrogens is 216 g/mol. The van der Waals surface area contributed by atoms with Gasteiger partial charge in [-0.2, -0.15) is 0 Å². The molecule has 0 spiro atoms. The van der Waals surface area contributed by atoms with Crippen molar-refractivity contribution in [1.82, 2.24) is 0 Å². The Morgan fingerprint density at radius 2 is 2.29 bits per heavy atom. The van der Waals surface area contributed by atoms with Crippen LogP contribution in [0.2, 0.25) is 0 Å². The first-order valence-electron chi connectivity index (χ1n) is 6.15. The Kier molecular flexibility index (Phi) is 4.02. The molecule has 1 aliphatic rings. The number of methoxy groups -OCH3 is 1. The standard InChI is InChI=1S/C14H20O3/c1-4-10(2)13-9-16-14(17-13)11-6-5-7-12(8-11)15-3/h5-8,10,13-14H,4,9H2,1-3H3/t10-,13?,14?/m0/s1. The number of hydrogen-bond donors (Lipinski definition) is 0. The maximum Gasteiger partial charge on any atom is 0.184 e. The van der Waals surface area contributed by atoms with Gasteiger partial charge in [0.05, 0.1) is 19.8 Å². The number of rotatable bonds is 4. The Morgan fingerprint density at radius 3 is 3.00 bits per heavy atom. The van der Waals surface area contributed by atoms with E-state index in [0.717, 1.165) is 17.7 Å². The van der Waals surface area contributed by atoms with Gasteiger partial charge in [0.25, 0.3) is 0 Å². The van der Waals surface area contributed by atoms with E-state index in [1.54, 1.807) is 7.11 Å². The molecule has 1 aromatic carbocycles. The van der Waals surface area contributed by atoms with Gasteiger partial charge in [0.2, 0.25) is 0 Å². The Hall–Kier alpha value is -1.06. The van der Waals surface area contributed by atoms with Crippen LogP contribution < -0.4 is 4.74 Å². The minimum absolute atomic E-state index is 0.205. The van der Waals surface area contributed by atoms with E-state index < -0.39 is 0 Å². The molecule has 3 atom stereocenters. The van der Waals surface area contributed by atoms with Crippen LogP contribution in [0.1, 0.15) is 32.1 Å². The van der Waals surface area contributed by atoms with Gasteiger partial charge in [-0.3, -0.25) is 0 Å². The fourth-order valence-corrected chi connectivity index (χ4v) is 1.94. The summed E-state index contributed by atoms with van der Waals surface area (Å²) in [6, 6.07) is 7.85. The van der Waals surface area contributed by atoms with Crippen LogP contribution in [0.5, 0.6) is 5.75 Å². The van der Waals surface area contributed by atoms with Gasteiger partial charge in [-0.15, -0.1) is 0 Å². The molecule has 1 saturated heterocycles. The second kappa shape index (κ2) is 5.52. The molecule has 0 N–H and O–H groups in total. The fourth-order valence-electron chi connectivity index (χ4n) is 1.94. The van der Waals surface area contributed by atoms with Crippen LogP contribution in [-0.2, 0) is 9.47 Å². The van der Waals surface area contributed by atoms with Gasteiger partial charge in [-0.1, -0.05) is 32.4 Å². The lowest BCUT2D eigenvalue weighted by Crippen LogP contribution is -2.19. The summed E-state index contributed by atoms with van der Waals surface area (Å²) in [5, 5.41) is 0. The van der Waals surface area contributed by atoms with Crippen molar-refractivity contribution in [2.75, 3.05) is 13.7 Å². The second-order valence-electron chi connectivity index (χ2n) is 4.50. The van der Waals surface area contributed by atoms with E-state index in [0.29, 0.717) is 12.5 Å². The first kappa shape index (κ1) is 12.4. The number of benzene rings is 1. The maximum atomic E-state index is 5.92. The molecule has 0 saturated carbocycles. The monoisotopic (exact) mass is 236 g/mol. The van der Waals surface area contributed by atoms with Crippen molar-refractivity contribution in [3.05, 3.63) is 29.8 Å². The van der Waals surface area contributed by atoms with Crippen LogP contribution in [0.25, 0.3) is 0 Å². The summed E-state index contributed by atoms with van der Waals surface area (Å²) in [5.74, 6) is 1.37. The summed E-state index contributed by atoms with van der Waals surface area (Å²) >= 11 is 0. The zero-order chi connectivity index (χ0) is 12.3. The van der Waals surface area contributed by atoms with Crippen molar-refractivity contribution >= 4 is 0 Å². The van der Waals surface area contributed by atoms with Crippen molar-refractivity contribution in [3.63, 3.8) is 0 Å². The van der Waals surface area contributed by atoms with E-state index in [9.17, 15) is 0 Å². The predicted molar refractivity (Wildman–Crippen MR) is 66.0 cm³/mol. The molecule has 0 aromatic heterocycles. The molecule has 1 heterocycles. The Morgan fingerprint density at radius 1 is 1.47 bits per heavy atom. The first-order valence-corrected chi connectivity index (χ1v) is 6.15. The van der Waals surface area contributed by atoms with E-state index in [2.05, 4.69) is 13.8 Å². The summed E-state index contributed by atoms with van der Waals surface area (Å²) < 4.78 is 16.8. The van der Waals surface area contributed by atoms with Crippen molar-refractivity contribution in [3.8, 4) is 5.75 Å².